The molecule has 6 heteroatoms. The quantitative estimate of drug-likeness (QED) is 0.744. The average Bonchev–Trinajstić information content (AvgIpc) is 3.22. The van der Waals surface area contributed by atoms with Crippen LogP contribution in [0.4, 0.5) is 0 Å². The van der Waals surface area contributed by atoms with Crippen LogP contribution < -0.4 is 0 Å². The first-order valence-electron chi connectivity index (χ1n) is 7.69. The number of aryl methyl sites for hydroxylation is 2. The van der Waals surface area contributed by atoms with Crippen LogP contribution in [0, 0.1) is 13.8 Å². The van der Waals surface area contributed by atoms with E-state index in [0.717, 1.165) is 42.4 Å². The van der Waals surface area contributed by atoms with E-state index < -0.39 is 0 Å². The third-order valence-corrected chi connectivity index (χ3v) is 4.54. The molecule has 0 amide bonds. The van der Waals surface area contributed by atoms with Gasteiger partial charge in [0.05, 0.1) is 11.7 Å². The predicted molar refractivity (Wildman–Crippen MR) is 81.3 cm³/mol. The largest absolute Gasteiger partial charge is 0.361 e. The molecule has 1 aliphatic rings. The third-order valence-electron chi connectivity index (χ3n) is 4.54. The summed E-state index contributed by atoms with van der Waals surface area (Å²) in [5.74, 6) is 1.94. The van der Waals surface area contributed by atoms with Gasteiger partial charge in [0.2, 0.25) is 0 Å². The molecular formula is C16H19N5O. The van der Waals surface area contributed by atoms with Gasteiger partial charge in [0.25, 0.3) is 0 Å². The van der Waals surface area contributed by atoms with Crippen molar-refractivity contribution >= 4 is 5.65 Å². The molecule has 0 spiro atoms. The maximum Gasteiger partial charge on any atom is 0.160 e. The minimum atomic E-state index is 0.297. The Labute approximate surface area is 128 Å². The Kier molecular flexibility index (Phi) is 3.18. The lowest BCUT2D eigenvalue weighted by molar-refractivity contribution is 0.237. The first-order valence-corrected chi connectivity index (χ1v) is 7.69. The zero-order chi connectivity index (χ0) is 15.1. The number of pyridine rings is 1. The molecule has 0 aliphatic carbocycles. The molecular weight excluding hydrogens is 278 g/mol. The summed E-state index contributed by atoms with van der Waals surface area (Å²) in [6, 6.07) is 6.30. The predicted octanol–water partition coefficient (Wildman–Crippen LogP) is 2.67. The van der Waals surface area contributed by atoms with E-state index in [1.165, 1.54) is 12.0 Å². The topological polar surface area (TPSA) is 59.5 Å². The summed E-state index contributed by atoms with van der Waals surface area (Å²) < 4.78 is 7.39. The molecule has 4 rings (SSSR count). The van der Waals surface area contributed by atoms with Gasteiger partial charge < -0.3 is 4.52 Å². The van der Waals surface area contributed by atoms with Gasteiger partial charge in [-0.1, -0.05) is 11.2 Å². The molecule has 3 aromatic rings. The Balaban J connectivity index is 1.66. The van der Waals surface area contributed by atoms with Crippen molar-refractivity contribution in [2.24, 2.45) is 0 Å². The Morgan fingerprint density at radius 3 is 3.00 bits per heavy atom. The molecule has 22 heavy (non-hydrogen) atoms. The van der Waals surface area contributed by atoms with Crippen molar-refractivity contribution in [1.82, 2.24) is 24.7 Å². The van der Waals surface area contributed by atoms with Crippen molar-refractivity contribution in [2.75, 3.05) is 6.54 Å². The first kappa shape index (κ1) is 13.5. The van der Waals surface area contributed by atoms with E-state index in [0.29, 0.717) is 6.04 Å². The highest BCUT2D eigenvalue weighted by Gasteiger charge is 2.31. The second kappa shape index (κ2) is 5.21. The molecule has 114 valence electrons. The van der Waals surface area contributed by atoms with Crippen molar-refractivity contribution in [2.45, 2.75) is 39.3 Å². The molecule has 0 N–H and O–H groups in total. The minimum absolute atomic E-state index is 0.297. The van der Waals surface area contributed by atoms with E-state index in [1.54, 1.807) is 0 Å². The van der Waals surface area contributed by atoms with Gasteiger partial charge in [0.15, 0.2) is 11.5 Å². The van der Waals surface area contributed by atoms with Gasteiger partial charge in [0, 0.05) is 18.3 Å². The number of nitrogens with zero attached hydrogens (tertiary/aromatic N) is 5. The van der Waals surface area contributed by atoms with E-state index in [2.05, 4.69) is 24.7 Å². The fourth-order valence-electron chi connectivity index (χ4n) is 3.33. The van der Waals surface area contributed by atoms with Crippen LogP contribution in [0.5, 0.6) is 0 Å². The number of rotatable bonds is 3. The number of hydrogen-bond donors (Lipinski definition) is 0. The molecule has 1 saturated heterocycles. The highest BCUT2D eigenvalue weighted by molar-refractivity contribution is 5.37. The molecule has 6 nitrogen and oxygen atoms in total. The van der Waals surface area contributed by atoms with Gasteiger partial charge in [-0.3, -0.25) is 9.30 Å². The van der Waals surface area contributed by atoms with E-state index in [4.69, 9.17) is 4.52 Å². The summed E-state index contributed by atoms with van der Waals surface area (Å²) in [6.45, 7) is 5.90. The molecule has 0 saturated carbocycles. The van der Waals surface area contributed by atoms with Gasteiger partial charge >= 0.3 is 0 Å². The summed E-state index contributed by atoms with van der Waals surface area (Å²) in [6.07, 6.45) is 4.33. The van der Waals surface area contributed by atoms with Gasteiger partial charge in [0.1, 0.15) is 5.76 Å². The summed E-state index contributed by atoms with van der Waals surface area (Å²) in [4.78, 5) is 2.45. The highest BCUT2D eigenvalue weighted by atomic mass is 16.5. The molecule has 4 heterocycles. The highest BCUT2D eigenvalue weighted by Crippen LogP contribution is 2.33. The lowest BCUT2D eigenvalue weighted by Crippen LogP contribution is -2.24. The summed E-state index contributed by atoms with van der Waals surface area (Å²) >= 11 is 0. The third kappa shape index (κ3) is 2.11. The lowest BCUT2D eigenvalue weighted by atomic mass is 10.1. The lowest BCUT2D eigenvalue weighted by Gasteiger charge is -2.23. The number of fused-ring (bicyclic) bond motifs is 1. The summed E-state index contributed by atoms with van der Waals surface area (Å²) in [5, 5.41) is 12.8. The van der Waals surface area contributed by atoms with E-state index in [9.17, 15) is 0 Å². The Morgan fingerprint density at radius 2 is 2.18 bits per heavy atom. The van der Waals surface area contributed by atoms with Crippen LogP contribution in [0.15, 0.2) is 28.9 Å². The normalized spacial score (nSPS) is 19.3. The maximum absolute atomic E-state index is 5.29. The Bertz CT molecular complexity index is 786. The van der Waals surface area contributed by atoms with Gasteiger partial charge in [-0.25, -0.2) is 0 Å². The van der Waals surface area contributed by atoms with Crippen LogP contribution in [0.1, 0.15) is 41.7 Å². The molecule has 0 bridgehead atoms. The van der Waals surface area contributed by atoms with E-state index in [1.807, 2.05) is 38.2 Å². The van der Waals surface area contributed by atoms with Crippen molar-refractivity contribution in [3.63, 3.8) is 0 Å². The fourth-order valence-corrected chi connectivity index (χ4v) is 3.33. The Hall–Kier alpha value is -2.21. The molecule has 0 unspecified atom stereocenters. The molecule has 1 aliphatic heterocycles. The number of hydrogen-bond acceptors (Lipinski definition) is 5. The second-order valence-electron chi connectivity index (χ2n) is 5.92. The van der Waals surface area contributed by atoms with Crippen molar-refractivity contribution in [1.29, 1.82) is 0 Å². The molecule has 1 fully saturated rings. The van der Waals surface area contributed by atoms with Crippen LogP contribution in [0.2, 0.25) is 0 Å². The van der Waals surface area contributed by atoms with Crippen LogP contribution >= 0.6 is 0 Å². The van der Waals surface area contributed by atoms with Crippen LogP contribution in [-0.2, 0) is 6.54 Å². The molecule has 3 aromatic heterocycles. The van der Waals surface area contributed by atoms with Crippen molar-refractivity contribution < 1.29 is 4.52 Å². The fraction of sp³-hybridized carbons (Fsp3) is 0.438. The Morgan fingerprint density at radius 1 is 1.27 bits per heavy atom. The van der Waals surface area contributed by atoms with Crippen LogP contribution in [0.3, 0.4) is 0 Å². The van der Waals surface area contributed by atoms with Crippen LogP contribution in [-0.4, -0.2) is 31.2 Å². The van der Waals surface area contributed by atoms with Gasteiger partial charge in [-0.15, -0.1) is 10.2 Å². The number of aromatic nitrogens is 4. The smallest absolute Gasteiger partial charge is 0.160 e. The van der Waals surface area contributed by atoms with Gasteiger partial charge in [-0.05, 0) is 45.4 Å². The van der Waals surface area contributed by atoms with Crippen molar-refractivity contribution in [3.8, 4) is 0 Å². The second-order valence-corrected chi connectivity index (χ2v) is 5.92. The zero-order valence-electron chi connectivity index (χ0n) is 12.9. The average molecular weight is 297 g/mol. The molecule has 0 aromatic carbocycles. The van der Waals surface area contributed by atoms with E-state index in [-0.39, 0.29) is 0 Å². The molecule has 1 atom stereocenters. The molecule has 0 radical (unpaired) electrons. The maximum atomic E-state index is 5.29. The van der Waals surface area contributed by atoms with Crippen LogP contribution in [0.25, 0.3) is 5.65 Å². The van der Waals surface area contributed by atoms with E-state index >= 15 is 0 Å². The van der Waals surface area contributed by atoms with Gasteiger partial charge in [-0.2, -0.15) is 0 Å². The standard InChI is InChI=1S/C16H19N5O/c1-11-13(12(2)22-19-11)10-20-8-5-6-14(20)16-18-17-15-7-3-4-9-21(15)16/h3-4,7,9,14H,5-6,8,10H2,1-2H3/t14-/m0/s1. The number of likely N-dealkylation sites (tertiary alicyclic amines) is 1. The zero-order valence-corrected chi connectivity index (χ0v) is 12.9. The summed E-state index contributed by atoms with van der Waals surface area (Å²) in [5.41, 5.74) is 3.08. The monoisotopic (exact) mass is 297 g/mol. The first-order chi connectivity index (χ1) is 10.7. The van der Waals surface area contributed by atoms with Crippen molar-refractivity contribution in [3.05, 3.63) is 47.2 Å². The minimum Gasteiger partial charge on any atom is -0.361 e. The SMILES string of the molecule is Cc1noc(C)c1CN1CCC[C@H]1c1nnc2ccccn12. The summed E-state index contributed by atoms with van der Waals surface area (Å²) in [7, 11) is 0.